The van der Waals surface area contributed by atoms with Crippen LogP contribution in [-0.2, 0) is 9.53 Å². The highest BCUT2D eigenvalue weighted by molar-refractivity contribution is 5.94. The minimum absolute atomic E-state index is 0.00445. The summed E-state index contributed by atoms with van der Waals surface area (Å²) in [7, 11) is 5.36. The minimum Gasteiger partial charge on any atom is -0.396 e. The Kier molecular flexibility index (Phi) is 6.78. The molecule has 0 aliphatic carbocycles. The number of benzene rings is 1. The number of hydrogen-bond donors (Lipinski definition) is 2. The summed E-state index contributed by atoms with van der Waals surface area (Å²) < 4.78 is 4.82. The monoisotopic (exact) mass is 349 g/mol. The van der Waals surface area contributed by atoms with Gasteiger partial charge in [0.2, 0.25) is 5.91 Å². The number of carbonyl (C=O) groups excluding carboxylic acids is 2. The van der Waals surface area contributed by atoms with Crippen molar-refractivity contribution < 1.29 is 19.4 Å². The summed E-state index contributed by atoms with van der Waals surface area (Å²) in [6, 6.07) is 7.31. The number of likely N-dealkylation sites (tertiary alicyclic amines) is 1. The first-order valence-electron chi connectivity index (χ1n) is 8.42. The third kappa shape index (κ3) is 4.93. The Bertz CT molecular complexity index is 588. The van der Waals surface area contributed by atoms with Crippen LogP contribution >= 0.6 is 0 Å². The molecule has 0 aromatic heterocycles. The van der Waals surface area contributed by atoms with Crippen LogP contribution in [-0.4, -0.2) is 75.4 Å². The zero-order chi connectivity index (χ0) is 18.4. The van der Waals surface area contributed by atoms with Crippen LogP contribution in [0.15, 0.2) is 24.3 Å². The van der Waals surface area contributed by atoms with Gasteiger partial charge in [-0.3, -0.25) is 9.59 Å². The van der Waals surface area contributed by atoms with Crippen LogP contribution in [0.2, 0.25) is 0 Å². The molecule has 2 rings (SSSR count). The first-order valence-corrected chi connectivity index (χ1v) is 8.42. The van der Waals surface area contributed by atoms with Gasteiger partial charge in [-0.2, -0.15) is 0 Å². The molecule has 1 aromatic rings. The molecule has 2 amide bonds. The summed E-state index contributed by atoms with van der Waals surface area (Å²) in [6.45, 7) is 0.877. The van der Waals surface area contributed by atoms with Crippen molar-refractivity contribution in [2.24, 2.45) is 5.92 Å². The van der Waals surface area contributed by atoms with E-state index in [1.165, 1.54) is 7.11 Å². The quantitative estimate of drug-likeness (QED) is 0.774. The number of anilines is 1. The number of amides is 2. The fourth-order valence-corrected chi connectivity index (χ4v) is 3.06. The number of nitrogens with zero attached hydrogens (tertiary/aromatic N) is 2. The van der Waals surface area contributed by atoms with E-state index in [0.29, 0.717) is 25.1 Å². The lowest BCUT2D eigenvalue weighted by Gasteiger charge is -2.38. The van der Waals surface area contributed by atoms with Crippen molar-refractivity contribution in [2.75, 3.05) is 52.4 Å². The fourth-order valence-electron chi connectivity index (χ4n) is 3.06. The Hall–Kier alpha value is -2.12. The van der Waals surface area contributed by atoms with Crippen LogP contribution in [0.4, 0.5) is 5.69 Å². The maximum atomic E-state index is 12.7. The number of carbonyl (C=O) groups is 2. The SMILES string of the molecule is COCC(=O)N[C@@H]1CCN(C(=O)c2ccc(N(C)C)cc2)C[C@@H]1CO. The lowest BCUT2D eigenvalue weighted by molar-refractivity contribution is -0.126. The average molecular weight is 349 g/mol. The zero-order valence-corrected chi connectivity index (χ0v) is 15.1. The molecule has 1 aliphatic rings. The van der Waals surface area contributed by atoms with E-state index in [9.17, 15) is 14.7 Å². The van der Waals surface area contributed by atoms with Gasteiger partial charge in [-0.15, -0.1) is 0 Å². The molecule has 25 heavy (non-hydrogen) atoms. The predicted molar refractivity (Wildman–Crippen MR) is 95.7 cm³/mol. The molecule has 1 aliphatic heterocycles. The molecule has 0 unspecified atom stereocenters. The van der Waals surface area contributed by atoms with E-state index in [0.717, 1.165) is 5.69 Å². The summed E-state index contributed by atoms with van der Waals surface area (Å²) >= 11 is 0. The molecule has 1 heterocycles. The number of ether oxygens (including phenoxy) is 1. The Labute approximate surface area is 148 Å². The van der Waals surface area contributed by atoms with Gasteiger partial charge in [0.1, 0.15) is 6.61 Å². The van der Waals surface area contributed by atoms with Gasteiger partial charge in [0.15, 0.2) is 0 Å². The van der Waals surface area contributed by atoms with E-state index < -0.39 is 0 Å². The Morgan fingerprint density at radius 2 is 2.00 bits per heavy atom. The zero-order valence-electron chi connectivity index (χ0n) is 15.1. The average Bonchev–Trinajstić information content (AvgIpc) is 2.61. The van der Waals surface area contributed by atoms with Crippen molar-refractivity contribution in [1.82, 2.24) is 10.2 Å². The van der Waals surface area contributed by atoms with Crippen molar-refractivity contribution in [3.8, 4) is 0 Å². The van der Waals surface area contributed by atoms with Crippen molar-refractivity contribution >= 4 is 17.5 Å². The molecule has 2 N–H and O–H groups in total. The molecule has 7 nitrogen and oxygen atoms in total. The van der Waals surface area contributed by atoms with E-state index >= 15 is 0 Å². The van der Waals surface area contributed by atoms with Crippen molar-refractivity contribution in [1.29, 1.82) is 0 Å². The second-order valence-corrected chi connectivity index (χ2v) is 6.53. The minimum atomic E-state index is -0.204. The Morgan fingerprint density at radius 1 is 1.32 bits per heavy atom. The smallest absolute Gasteiger partial charge is 0.253 e. The number of hydrogen-bond acceptors (Lipinski definition) is 5. The topological polar surface area (TPSA) is 82.1 Å². The number of piperidine rings is 1. The standard InChI is InChI=1S/C18H27N3O4/c1-20(2)15-6-4-13(5-7-15)18(24)21-9-8-16(14(10-21)11-22)19-17(23)12-25-3/h4-7,14,16,22H,8-12H2,1-3H3,(H,19,23)/t14-,16-/m1/s1. The molecule has 138 valence electrons. The molecule has 1 saturated heterocycles. The lowest BCUT2D eigenvalue weighted by Crippen LogP contribution is -2.54. The molecular weight excluding hydrogens is 322 g/mol. The van der Waals surface area contributed by atoms with E-state index in [2.05, 4.69) is 5.32 Å². The van der Waals surface area contributed by atoms with Gasteiger partial charge in [-0.05, 0) is 30.7 Å². The molecule has 2 atom stereocenters. The third-order valence-corrected chi connectivity index (χ3v) is 4.51. The fraction of sp³-hybridized carbons (Fsp3) is 0.556. The van der Waals surface area contributed by atoms with Gasteiger partial charge >= 0.3 is 0 Å². The van der Waals surface area contributed by atoms with Crippen LogP contribution in [0.5, 0.6) is 0 Å². The summed E-state index contributed by atoms with van der Waals surface area (Å²) in [5.41, 5.74) is 1.66. The molecule has 0 saturated carbocycles. The summed E-state index contributed by atoms with van der Waals surface area (Å²) in [5, 5.41) is 12.5. The highest BCUT2D eigenvalue weighted by atomic mass is 16.5. The predicted octanol–water partition coefficient (Wildman–Crippen LogP) is 0.338. The normalized spacial score (nSPS) is 20.2. The summed E-state index contributed by atoms with van der Waals surface area (Å²) in [4.78, 5) is 28.1. The maximum Gasteiger partial charge on any atom is 0.253 e. The second kappa shape index (κ2) is 8.82. The van der Waals surface area contributed by atoms with Crippen molar-refractivity contribution in [2.45, 2.75) is 12.5 Å². The van der Waals surface area contributed by atoms with Gasteiger partial charge < -0.3 is 25.0 Å². The molecule has 0 spiro atoms. The van der Waals surface area contributed by atoms with E-state index in [4.69, 9.17) is 4.74 Å². The van der Waals surface area contributed by atoms with Gasteiger partial charge in [-0.25, -0.2) is 0 Å². The van der Waals surface area contributed by atoms with Crippen LogP contribution < -0.4 is 10.2 Å². The molecule has 1 fully saturated rings. The third-order valence-electron chi connectivity index (χ3n) is 4.51. The highest BCUT2D eigenvalue weighted by Gasteiger charge is 2.32. The van der Waals surface area contributed by atoms with Crippen LogP contribution in [0, 0.1) is 5.92 Å². The van der Waals surface area contributed by atoms with Crippen molar-refractivity contribution in [3.63, 3.8) is 0 Å². The molecule has 0 bridgehead atoms. The van der Waals surface area contributed by atoms with Crippen LogP contribution in [0.1, 0.15) is 16.8 Å². The molecule has 1 aromatic carbocycles. The van der Waals surface area contributed by atoms with Crippen LogP contribution in [0.25, 0.3) is 0 Å². The second-order valence-electron chi connectivity index (χ2n) is 6.53. The molecular formula is C18H27N3O4. The van der Waals surface area contributed by atoms with Crippen molar-refractivity contribution in [3.05, 3.63) is 29.8 Å². The van der Waals surface area contributed by atoms with Crippen LogP contribution in [0.3, 0.4) is 0 Å². The number of aliphatic hydroxyl groups is 1. The number of nitrogens with one attached hydrogen (secondary N) is 1. The largest absolute Gasteiger partial charge is 0.396 e. The molecule has 7 heteroatoms. The molecule has 0 radical (unpaired) electrons. The van der Waals surface area contributed by atoms with E-state index in [1.54, 1.807) is 4.90 Å². The highest BCUT2D eigenvalue weighted by Crippen LogP contribution is 2.20. The summed E-state index contributed by atoms with van der Waals surface area (Å²) in [5.74, 6) is -0.435. The number of rotatable bonds is 6. The lowest BCUT2D eigenvalue weighted by atomic mass is 9.92. The number of methoxy groups -OCH3 is 1. The number of aliphatic hydroxyl groups excluding tert-OH is 1. The van der Waals surface area contributed by atoms with E-state index in [1.807, 2.05) is 43.3 Å². The first-order chi connectivity index (χ1) is 12.0. The van der Waals surface area contributed by atoms with Gasteiger partial charge in [0, 0.05) is 64.1 Å². The van der Waals surface area contributed by atoms with E-state index in [-0.39, 0.29) is 37.0 Å². The maximum absolute atomic E-state index is 12.7. The summed E-state index contributed by atoms with van der Waals surface area (Å²) in [6.07, 6.45) is 0.613. The van der Waals surface area contributed by atoms with Gasteiger partial charge in [0.25, 0.3) is 5.91 Å². The van der Waals surface area contributed by atoms with Gasteiger partial charge in [0.05, 0.1) is 0 Å². The Morgan fingerprint density at radius 3 is 2.56 bits per heavy atom. The Balaban J connectivity index is 1.99. The van der Waals surface area contributed by atoms with Gasteiger partial charge in [-0.1, -0.05) is 0 Å². The first kappa shape index (κ1) is 19.2.